The molecule has 8 nitrogen and oxygen atoms in total. The summed E-state index contributed by atoms with van der Waals surface area (Å²) in [6.07, 6.45) is 6.40. The Labute approximate surface area is 179 Å². The number of hydrogen-bond donors (Lipinski definition) is 2. The van der Waals surface area contributed by atoms with Crippen LogP contribution in [-0.2, 0) is 4.74 Å². The second kappa shape index (κ2) is 8.08. The van der Waals surface area contributed by atoms with Gasteiger partial charge in [0, 0.05) is 30.3 Å². The summed E-state index contributed by atoms with van der Waals surface area (Å²) in [5.41, 5.74) is 1.06. The Kier molecular flexibility index (Phi) is 5.10. The number of halogens is 3. The highest BCUT2D eigenvalue weighted by molar-refractivity contribution is 6.07. The van der Waals surface area contributed by atoms with Gasteiger partial charge in [-0.15, -0.1) is 5.10 Å². The van der Waals surface area contributed by atoms with Crippen molar-refractivity contribution in [3.8, 4) is 5.69 Å². The van der Waals surface area contributed by atoms with Gasteiger partial charge in [-0.1, -0.05) is 5.21 Å². The van der Waals surface area contributed by atoms with Crippen LogP contribution < -0.4 is 5.32 Å². The van der Waals surface area contributed by atoms with Crippen LogP contribution in [0.5, 0.6) is 0 Å². The molecule has 0 aliphatic carbocycles. The van der Waals surface area contributed by atoms with E-state index in [0.29, 0.717) is 29.6 Å². The quantitative estimate of drug-likeness (QED) is 0.497. The van der Waals surface area contributed by atoms with Gasteiger partial charge in [-0.25, -0.2) is 17.9 Å². The zero-order chi connectivity index (χ0) is 22.2. The Morgan fingerprint density at radius 3 is 2.78 bits per heavy atom. The molecule has 4 heterocycles. The molecule has 4 aromatic rings. The molecule has 5 rings (SSSR count). The van der Waals surface area contributed by atoms with Crippen LogP contribution in [0.25, 0.3) is 16.6 Å². The highest BCUT2D eigenvalue weighted by Gasteiger charge is 2.22. The molecule has 2 N–H and O–H groups in total. The summed E-state index contributed by atoms with van der Waals surface area (Å²) in [6.45, 7) is 0.576. The van der Waals surface area contributed by atoms with Crippen LogP contribution in [0.4, 0.5) is 18.9 Å². The van der Waals surface area contributed by atoms with Crippen molar-refractivity contribution >= 4 is 22.5 Å². The summed E-state index contributed by atoms with van der Waals surface area (Å²) in [7, 11) is 0. The maximum absolute atomic E-state index is 14.6. The van der Waals surface area contributed by atoms with Crippen LogP contribution in [0.3, 0.4) is 0 Å². The molecule has 0 radical (unpaired) electrons. The molecular weight excluding hydrogens is 425 g/mol. The number of hydrogen-bond acceptors (Lipinski definition) is 5. The third kappa shape index (κ3) is 3.71. The zero-order valence-corrected chi connectivity index (χ0v) is 16.6. The van der Waals surface area contributed by atoms with Gasteiger partial charge in [-0.2, -0.15) is 0 Å². The Morgan fingerprint density at radius 1 is 1.16 bits per heavy atom. The summed E-state index contributed by atoms with van der Waals surface area (Å²) in [5, 5.41) is 10.5. The molecule has 1 aliphatic rings. The minimum Gasteiger partial charge on any atom is -0.372 e. The monoisotopic (exact) mass is 442 g/mol. The van der Waals surface area contributed by atoms with Crippen molar-refractivity contribution in [2.24, 2.45) is 0 Å². The van der Waals surface area contributed by atoms with Crippen LogP contribution in [0.15, 0.2) is 36.8 Å². The molecule has 11 heteroatoms. The number of H-pyrrole nitrogens is 1. The number of fused-ring (bicyclic) bond motifs is 1. The molecule has 1 saturated heterocycles. The number of anilines is 1. The Bertz CT molecular complexity index is 1310. The number of aromatic amines is 1. The summed E-state index contributed by atoms with van der Waals surface area (Å²) in [5.74, 6) is -3.18. The average molecular weight is 442 g/mol. The van der Waals surface area contributed by atoms with Gasteiger partial charge in [-0.05, 0) is 25.3 Å². The molecule has 32 heavy (non-hydrogen) atoms. The third-order valence-corrected chi connectivity index (χ3v) is 5.30. The van der Waals surface area contributed by atoms with E-state index in [4.69, 9.17) is 4.74 Å². The number of carbonyl (C=O) groups excluding carboxylic acids is 1. The minimum absolute atomic E-state index is 0.0537. The highest BCUT2D eigenvalue weighted by Crippen LogP contribution is 2.29. The first-order valence-corrected chi connectivity index (χ1v) is 9.97. The fourth-order valence-corrected chi connectivity index (χ4v) is 3.66. The molecule has 3 aromatic heterocycles. The lowest BCUT2D eigenvalue weighted by Crippen LogP contribution is -2.15. The number of rotatable bonds is 4. The van der Waals surface area contributed by atoms with E-state index in [-0.39, 0.29) is 23.2 Å². The van der Waals surface area contributed by atoms with Gasteiger partial charge in [0.1, 0.15) is 17.6 Å². The van der Waals surface area contributed by atoms with Gasteiger partial charge in [0.2, 0.25) is 0 Å². The van der Waals surface area contributed by atoms with E-state index in [1.165, 1.54) is 29.3 Å². The van der Waals surface area contributed by atoms with E-state index >= 15 is 0 Å². The number of amides is 1. The predicted octanol–water partition coefficient (Wildman–Crippen LogP) is 4.05. The standard InChI is InChI=1S/C21H17F3N6O2/c22-13-6-12-16(7-14(13)23)25-9-17(12)27-21(31)18-10-30(29-28-18)11-5-15(24)20(26-8-11)19-3-1-2-4-32-19/h5-10,19,25H,1-4H2,(H,27,31). The summed E-state index contributed by atoms with van der Waals surface area (Å²) < 4.78 is 48.3. The van der Waals surface area contributed by atoms with Crippen molar-refractivity contribution in [1.82, 2.24) is 25.0 Å². The smallest absolute Gasteiger partial charge is 0.277 e. The molecule has 1 aromatic carbocycles. The lowest BCUT2D eigenvalue weighted by Gasteiger charge is -2.22. The van der Waals surface area contributed by atoms with E-state index in [2.05, 4.69) is 25.6 Å². The van der Waals surface area contributed by atoms with Crippen molar-refractivity contribution in [1.29, 1.82) is 0 Å². The molecule has 1 atom stereocenters. The van der Waals surface area contributed by atoms with E-state index in [0.717, 1.165) is 25.0 Å². The summed E-state index contributed by atoms with van der Waals surface area (Å²) in [6, 6.07) is 3.24. The first kappa shape index (κ1) is 20.2. The number of ether oxygens (including phenoxy) is 1. The molecule has 164 valence electrons. The third-order valence-electron chi connectivity index (χ3n) is 5.30. The van der Waals surface area contributed by atoms with Crippen LogP contribution >= 0.6 is 0 Å². The van der Waals surface area contributed by atoms with Crippen LogP contribution in [0.2, 0.25) is 0 Å². The van der Waals surface area contributed by atoms with E-state index < -0.39 is 23.4 Å². The first-order valence-electron chi connectivity index (χ1n) is 9.97. The average Bonchev–Trinajstić information content (AvgIpc) is 3.43. The van der Waals surface area contributed by atoms with Gasteiger partial charge >= 0.3 is 0 Å². The minimum atomic E-state index is -1.03. The van der Waals surface area contributed by atoms with Crippen molar-refractivity contribution in [2.75, 3.05) is 11.9 Å². The molecular formula is C21H17F3N6O2. The molecule has 0 spiro atoms. The van der Waals surface area contributed by atoms with Crippen LogP contribution in [0, 0.1) is 17.5 Å². The molecule has 1 amide bonds. The second-order valence-electron chi connectivity index (χ2n) is 7.43. The van der Waals surface area contributed by atoms with Crippen molar-refractivity contribution in [3.63, 3.8) is 0 Å². The Hall–Kier alpha value is -3.73. The first-order chi connectivity index (χ1) is 15.5. The fourth-order valence-electron chi connectivity index (χ4n) is 3.66. The van der Waals surface area contributed by atoms with Gasteiger partial charge in [-0.3, -0.25) is 9.78 Å². The van der Waals surface area contributed by atoms with Crippen molar-refractivity contribution < 1.29 is 22.7 Å². The predicted molar refractivity (Wildman–Crippen MR) is 108 cm³/mol. The van der Waals surface area contributed by atoms with Gasteiger partial charge in [0.15, 0.2) is 17.3 Å². The number of carbonyl (C=O) groups is 1. The second-order valence-corrected chi connectivity index (χ2v) is 7.43. The van der Waals surface area contributed by atoms with Gasteiger partial charge in [0.25, 0.3) is 5.91 Å². The SMILES string of the molecule is O=C(Nc1c[nH]c2cc(F)c(F)cc12)c1cn(-c2cnc(C3CCCCO3)c(F)c2)nn1. The highest BCUT2D eigenvalue weighted by atomic mass is 19.2. The molecule has 1 unspecified atom stereocenters. The maximum atomic E-state index is 14.6. The molecule has 0 bridgehead atoms. The summed E-state index contributed by atoms with van der Waals surface area (Å²) >= 11 is 0. The van der Waals surface area contributed by atoms with Crippen molar-refractivity contribution in [2.45, 2.75) is 25.4 Å². The summed E-state index contributed by atoms with van der Waals surface area (Å²) in [4.78, 5) is 19.5. The van der Waals surface area contributed by atoms with Crippen molar-refractivity contribution in [3.05, 3.63) is 65.6 Å². The fraction of sp³-hybridized carbons (Fsp3) is 0.238. The van der Waals surface area contributed by atoms with Crippen LogP contribution in [-0.4, -0.2) is 37.5 Å². The molecule has 0 saturated carbocycles. The van der Waals surface area contributed by atoms with E-state index in [1.54, 1.807) is 0 Å². The Morgan fingerprint density at radius 2 is 2.00 bits per heavy atom. The van der Waals surface area contributed by atoms with E-state index in [1.807, 2.05) is 0 Å². The topological polar surface area (TPSA) is 97.7 Å². The maximum Gasteiger partial charge on any atom is 0.277 e. The number of pyridine rings is 1. The number of aromatic nitrogens is 5. The lowest BCUT2D eigenvalue weighted by molar-refractivity contribution is 0.0100. The normalized spacial score (nSPS) is 16.4. The van der Waals surface area contributed by atoms with E-state index in [9.17, 15) is 18.0 Å². The lowest BCUT2D eigenvalue weighted by atomic mass is 10.1. The number of nitrogens with zero attached hydrogens (tertiary/aromatic N) is 4. The largest absolute Gasteiger partial charge is 0.372 e. The Balaban J connectivity index is 1.35. The number of benzene rings is 1. The molecule has 1 aliphatic heterocycles. The van der Waals surface area contributed by atoms with Gasteiger partial charge < -0.3 is 15.0 Å². The molecule has 1 fully saturated rings. The zero-order valence-electron chi connectivity index (χ0n) is 16.6. The van der Waals surface area contributed by atoms with Crippen LogP contribution in [0.1, 0.15) is 41.5 Å². The number of nitrogens with one attached hydrogen (secondary N) is 2. The van der Waals surface area contributed by atoms with Gasteiger partial charge in [0.05, 0.1) is 29.3 Å².